The zero-order valence-electron chi connectivity index (χ0n) is 26.5. The Kier molecular flexibility index (Phi) is 10.4. The second-order valence-electron chi connectivity index (χ2n) is 15.3. The van der Waals surface area contributed by atoms with E-state index in [1.54, 1.807) is 0 Å². The second-order valence-corrected chi connectivity index (χ2v) is 15.3. The summed E-state index contributed by atoms with van der Waals surface area (Å²) in [5.41, 5.74) is 0.562. The zero-order chi connectivity index (χ0) is 30.0. The number of aliphatic hydroxyl groups is 1. The molecule has 0 radical (unpaired) electrons. The Labute approximate surface area is 248 Å². The van der Waals surface area contributed by atoms with Crippen LogP contribution in [0.1, 0.15) is 118 Å². The maximum Gasteiger partial charge on any atom is 0.310 e. The Bertz CT molecular complexity index is 958. The average molecular weight is 575 g/mol. The van der Waals surface area contributed by atoms with E-state index in [0.29, 0.717) is 23.7 Å². The highest BCUT2D eigenvalue weighted by molar-refractivity contribution is 5.82. The van der Waals surface area contributed by atoms with Gasteiger partial charge in [0.2, 0.25) is 0 Å². The van der Waals surface area contributed by atoms with Gasteiger partial charge in [0.15, 0.2) is 0 Å². The van der Waals surface area contributed by atoms with E-state index in [2.05, 4.69) is 40.7 Å². The van der Waals surface area contributed by atoms with Gasteiger partial charge in [0.1, 0.15) is 0 Å². The first-order valence-electron chi connectivity index (χ1n) is 16.7. The van der Waals surface area contributed by atoms with Crippen molar-refractivity contribution in [1.82, 2.24) is 0 Å². The first kappa shape index (κ1) is 32.5. The van der Waals surface area contributed by atoms with Crippen LogP contribution in [0, 0.1) is 57.7 Å². The van der Waals surface area contributed by atoms with E-state index < -0.39 is 17.4 Å². The van der Waals surface area contributed by atoms with Crippen molar-refractivity contribution in [2.45, 2.75) is 118 Å². The maximum absolute atomic E-state index is 12.7. The summed E-state index contributed by atoms with van der Waals surface area (Å²) in [5, 5.41) is 29.3. The highest BCUT2D eigenvalue weighted by atomic mass is 16.5. The molecule has 41 heavy (non-hydrogen) atoms. The monoisotopic (exact) mass is 574 g/mol. The third-order valence-corrected chi connectivity index (χ3v) is 12.9. The summed E-state index contributed by atoms with van der Waals surface area (Å²) in [6, 6.07) is 0. The van der Waals surface area contributed by atoms with Crippen molar-refractivity contribution in [3.8, 4) is 0 Å². The molecule has 0 aliphatic heterocycles. The lowest BCUT2D eigenvalue weighted by Crippen LogP contribution is -2.52. The molecule has 3 saturated carbocycles. The molecule has 6 nitrogen and oxygen atoms in total. The van der Waals surface area contributed by atoms with E-state index in [9.17, 15) is 19.8 Å². The summed E-state index contributed by atoms with van der Waals surface area (Å²) in [5.74, 6) is 2.22. The van der Waals surface area contributed by atoms with Crippen molar-refractivity contribution in [1.29, 1.82) is 0 Å². The molecule has 1 unspecified atom stereocenters. The number of hydrogen-bond donors (Lipinski definition) is 3. The van der Waals surface area contributed by atoms with Crippen LogP contribution < -0.4 is 0 Å². The minimum atomic E-state index is -1.35. The number of carbonyl (C=O) groups is 2. The minimum Gasteiger partial charge on any atom is -0.481 e. The van der Waals surface area contributed by atoms with Gasteiger partial charge in [0, 0.05) is 6.61 Å². The molecule has 3 N–H and O–H groups in total. The van der Waals surface area contributed by atoms with Crippen molar-refractivity contribution in [2.24, 2.45) is 57.7 Å². The van der Waals surface area contributed by atoms with Gasteiger partial charge in [-0.1, -0.05) is 65.5 Å². The van der Waals surface area contributed by atoms with Crippen LogP contribution in [-0.2, 0) is 14.3 Å². The van der Waals surface area contributed by atoms with Gasteiger partial charge < -0.3 is 20.1 Å². The number of carboxylic acid groups (broad SMARTS) is 2. The van der Waals surface area contributed by atoms with Crippen LogP contribution in [0.2, 0.25) is 0 Å². The number of ether oxygens (including phenoxy) is 1. The van der Waals surface area contributed by atoms with Crippen molar-refractivity contribution in [3.05, 3.63) is 11.6 Å². The summed E-state index contributed by atoms with van der Waals surface area (Å²) in [7, 11) is 0. The normalized spacial score (nSPS) is 37.0. The van der Waals surface area contributed by atoms with Crippen LogP contribution in [-0.4, -0.2) is 47.1 Å². The van der Waals surface area contributed by atoms with E-state index in [1.807, 2.05) is 0 Å². The number of carboxylic acids is 2. The average Bonchev–Trinajstić information content (AvgIpc) is 3.26. The highest BCUT2D eigenvalue weighted by Gasteiger charge is 2.60. The fraction of sp³-hybridized carbons (Fsp3) is 0.886. The quantitative estimate of drug-likeness (QED) is 0.146. The predicted octanol–water partition coefficient (Wildman–Crippen LogP) is 7.59. The molecule has 0 saturated heterocycles. The topological polar surface area (TPSA) is 104 Å². The predicted molar refractivity (Wildman–Crippen MR) is 161 cm³/mol. The van der Waals surface area contributed by atoms with Crippen molar-refractivity contribution >= 4 is 11.9 Å². The van der Waals surface area contributed by atoms with Crippen LogP contribution in [0.4, 0.5) is 0 Å². The number of fused-ring (bicyclic) bond motifs is 5. The van der Waals surface area contributed by atoms with E-state index >= 15 is 0 Å². The van der Waals surface area contributed by atoms with Crippen LogP contribution in [0.25, 0.3) is 0 Å². The molecule has 0 amide bonds. The SMILES string of the molecule is CC(C)CCC[C@@H](C)[C@H]1CC[C@H]2[C@@H]3CC=C4C[C@@H](C(CCOCCO)(CC(=O)O)C(=O)O)CC[C@]4(C)[C@H]3CC[C@]12C. The lowest BCUT2D eigenvalue weighted by atomic mass is 9.45. The molecule has 234 valence electrons. The van der Waals surface area contributed by atoms with E-state index in [0.717, 1.165) is 42.9 Å². The number of hydrogen-bond acceptors (Lipinski definition) is 4. The smallest absolute Gasteiger partial charge is 0.310 e. The van der Waals surface area contributed by atoms with Gasteiger partial charge in [-0.05, 0) is 110 Å². The maximum atomic E-state index is 12.7. The molecule has 4 aliphatic rings. The lowest BCUT2D eigenvalue weighted by molar-refractivity contribution is -0.163. The molecule has 3 fully saturated rings. The summed E-state index contributed by atoms with van der Waals surface area (Å²) in [6.45, 7) is 12.4. The molecule has 0 spiro atoms. The Morgan fingerprint density at radius 2 is 1.78 bits per heavy atom. The number of aliphatic carboxylic acids is 2. The lowest BCUT2D eigenvalue weighted by Gasteiger charge is -2.59. The first-order chi connectivity index (χ1) is 19.4. The third-order valence-electron chi connectivity index (χ3n) is 12.9. The van der Waals surface area contributed by atoms with Gasteiger partial charge in [0.05, 0.1) is 25.0 Å². The van der Waals surface area contributed by atoms with Crippen LogP contribution in [0.5, 0.6) is 0 Å². The molecule has 0 aromatic carbocycles. The molecular weight excluding hydrogens is 516 g/mol. The number of rotatable bonds is 14. The number of allylic oxidation sites excluding steroid dienone is 2. The van der Waals surface area contributed by atoms with E-state index in [4.69, 9.17) is 9.84 Å². The molecular formula is C35H58O6. The molecule has 0 heterocycles. The summed E-state index contributed by atoms with van der Waals surface area (Å²) in [4.78, 5) is 24.7. The zero-order valence-corrected chi connectivity index (χ0v) is 26.5. The van der Waals surface area contributed by atoms with Crippen LogP contribution in [0.15, 0.2) is 11.6 Å². The van der Waals surface area contributed by atoms with Crippen LogP contribution >= 0.6 is 0 Å². The Hall–Kier alpha value is -1.40. The minimum absolute atomic E-state index is 0.0859. The molecule has 4 aliphatic carbocycles. The number of aliphatic hydroxyl groups excluding tert-OH is 1. The van der Waals surface area contributed by atoms with Gasteiger partial charge in [0.25, 0.3) is 0 Å². The second kappa shape index (κ2) is 13.1. The molecule has 6 heteroatoms. The molecule has 0 aromatic rings. The Morgan fingerprint density at radius 3 is 2.44 bits per heavy atom. The Balaban J connectivity index is 1.51. The summed E-state index contributed by atoms with van der Waals surface area (Å²) in [6.07, 6.45) is 15.0. The van der Waals surface area contributed by atoms with Crippen LogP contribution in [0.3, 0.4) is 0 Å². The largest absolute Gasteiger partial charge is 0.481 e. The van der Waals surface area contributed by atoms with Gasteiger partial charge >= 0.3 is 11.9 Å². The third kappa shape index (κ3) is 6.30. The highest BCUT2D eigenvalue weighted by Crippen LogP contribution is 2.68. The molecule has 0 bridgehead atoms. The fourth-order valence-electron chi connectivity index (χ4n) is 10.6. The van der Waals surface area contributed by atoms with E-state index in [-0.39, 0.29) is 44.0 Å². The van der Waals surface area contributed by atoms with Gasteiger partial charge in [-0.15, -0.1) is 0 Å². The summed E-state index contributed by atoms with van der Waals surface area (Å²) >= 11 is 0. The van der Waals surface area contributed by atoms with Crippen molar-refractivity contribution in [2.75, 3.05) is 19.8 Å². The molecule has 9 atom stereocenters. The van der Waals surface area contributed by atoms with Crippen molar-refractivity contribution in [3.63, 3.8) is 0 Å². The standard InChI is InChI=1S/C35H58O6/c1-23(2)7-6-8-24(3)28-11-12-29-27-10-9-25-21-26(13-15-33(25,4)30(27)14-16-34(28,29)5)35(32(39)40,22-31(37)38)17-19-41-20-18-36/h9,23-24,26-30,36H,6-8,10-22H2,1-5H3,(H,37,38)(H,39,40)/t24-,26+,27+,28-,29+,30+,33+,34-,35?/m1/s1. The molecule has 4 rings (SSSR count). The van der Waals surface area contributed by atoms with E-state index in [1.165, 1.54) is 50.5 Å². The first-order valence-corrected chi connectivity index (χ1v) is 16.7. The van der Waals surface area contributed by atoms with Crippen molar-refractivity contribution < 1.29 is 29.6 Å². The summed E-state index contributed by atoms with van der Waals surface area (Å²) < 4.78 is 5.44. The Morgan fingerprint density at radius 1 is 1.02 bits per heavy atom. The van der Waals surface area contributed by atoms with Gasteiger partial charge in [-0.25, -0.2) is 0 Å². The van der Waals surface area contributed by atoms with Gasteiger partial charge in [-0.2, -0.15) is 0 Å². The van der Waals surface area contributed by atoms with Gasteiger partial charge in [-0.3, -0.25) is 9.59 Å². The fourth-order valence-corrected chi connectivity index (χ4v) is 10.6. The molecule has 0 aromatic heterocycles.